The van der Waals surface area contributed by atoms with Crippen molar-refractivity contribution in [1.29, 1.82) is 0 Å². The molecule has 2 rings (SSSR count). The lowest BCUT2D eigenvalue weighted by Crippen LogP contribution is -2.02. The number of aromatic nitrogens is 2. The zero-order valence-electron chi connectivity index (χ0n) is 8.78. The standard InChI is InChI=1S/C10H10BrFN4O/c11-6-1-2-8(7(12)5-6)14-10-16-15-9(17-10)3-4-13/h1-2,5H,3-4,13H2,(H,14,16). The summed E-state index contributed by atoms with van der Waals surface area (Å²) in [4.78, 5) is 0. The molecule has 0 aliphatic heterocycles. The zero-order valence-corrected chi connectivity index (χ0v) is 10.4. The molecule has 0 aliphatic carbocycles. The highest BCUT2D eigenvalue weighted by atomic mass is 79.9. The Morgan fingerprint density at radius 1 is 1.41 bits per heavy atom. The number of halogens is 2. The van der Waals surface area contributed by atoms with E-state index in [2.05, 4.69) is 31.4 Å². The van der Waals surface area contributed by atoms with Gasteiger partial charge in [-0.25, -0.2) is 4.39 Å². The molecule has 0 amide bonds. The minimum absolute atomic E-state index is 0.148. The third-order valence-corrected chi connectivity index (χ3v) is 2.49. The van der Waals surface area contributed by atoms with Gasteiger partial charge in [0.1, 0.15) is 5.82 Å². The first-order chi connectivity index (χ1) is 8.19. The molecule has 1 aromatic carbocycles. The van der Waals surface area contributed by atoms with Crippen LogP contribution >= 0.6 is 15.9 Å². The lowest BCUT2D eigenvalue weighted by Gasteiger charge is -2.02. The number of hydrogen-bond donors (Lipinski definition) is 2. The lowest BCUT2D eigenvalue weighted by atomic mass is 10.3. The molecule has 17 heavy (non-hydrogen) atoms. The van der Waals surface area contributed by atoms with Crippen molar-refractivity contribution in [3.8, 4) is 0 Å². The number of rotatable bonds is 4. The Morgan fingerprint density at radius 2 is 2.24 bits per heavy atom. The molecule has 0 bridgehead atoms. The van der Waals surface area contributed by atoms with Crippen LogP contribution in [0.4, 0.5) is 16.1 Å². The summed E-state index contributed by atoms with van der Waals surface area (Å²) in [5, 5.41) is 10.2. The van der Waals surface area contributed by atoms with E-state index in [1.807, 2.05) is 0 Å². The summed E-state index contributed by atoms with van der Waals surface area (Å²) >= 11 is 3.17. The van der Waals surface area contributed by atoms with E-state index in [0.29, 0.717) is 23.3 Å². The van der Waals surface area contributed by atoms with E-state index in [0.717, 1.165) is 0 Å². The summed E-state index contributed by atoms with van der Waals surface area (Å²) in [6, 6.07) is 4.78. The van der Waals surface area contributed by atoms with Gasteiger partial charge in [0.2, 0.25) is 5.89 Å². The van der Waals surface area contributed by atoms with Crippen molar-refractivity contribution in [1.82, 2.24) is 10.2 Å². The van der Waals surface area contributed by atoms with Crippen LogP contribution in [0.2, 0.25) is 0 Å². The molecule has 2 aromatic rings. The number of nitrogens with one attached hydrogen (secondary N) is 1. The summed E-state index contributed by atoms with van der Waals surface area (Å²) < 4.78 is 19.4. The van der Waals surface area contributed by atoms with Gasteiger partial charge in [0.25, 0.3) is 0 Å². The molecule has 0 atom stereocenters. The number of benzene rings is 1. The minimum atomic E-state index is -0.405. The highest BCUT2D eigenvalue weighted by Gasteiger charge is 2.08. The molecule has 5 nitrogen and oxygen atoms in total. The fraction of sp³-hybridized carbons (Fsp3) is 0.200. The molecule has 0 spiro atoms. The van der Waals surface area contributed by atoms with Crippen molar-refractivity contribution in [2.24, 2.45) is 5.73 Å². The van der Waals surface area contributed by atoms with Crippen LogP contribution in [-0.2, 0) is 6.42 Å². The average Bonchev–Trinajstić information content (AvgIpc) is 2.71. The fourth-order valence-electron chi connectivity index (χ4n) is 1.23. The van der Waals surface area contributed by atoms with E-state index < -0.39 is 5.82 Å². The van der Waals surface area contributed by atoms with Gasteiger partial charge in [-0.1, -0.05) is 21.0 Å². The largest absolute Gasteiger partial charge is 0.408 e. The highest BCUT2D eigenvalue weighted by Crippen LogP contribution is 2.22. The van der Waals surface area contributed by atoms with Gasteiger partial charge < -0.3 is 15.5 Å². The summed E-state index contributed by atoms with van der Waals surface area (Å²) in [5.74, 6) is 0.0190. The molecule has 0 unspecified atom stereocenters. The monoisotopic (exact) mass is 300 g/mol. The first kappa shape index (κ1) is 12.0. The van der Waals surface area contributed by atoms with E-state index in [1.165, 1.54) is 6.07 Å². The maximum Gasteiger partial charge on any atom is 0.320 e. The number of nitrogens with zero attached hydrogens (tertiary/aromatic N) is 2. The van der Waals surface area contributed by atoms with E-state index in [1.54, 1.807) is 12.1 Å². The lowest BCUT2D eigenvalue weighted by molar-refractivity contribution is 0.509. The smallest absolute Gasteiger partial charge is 0.320 e. The van der Waals surface area contributed by atoms with Crippen molar-refractivity contribution in [3.05, 3.63) is 34.4 Å². The Balaban J connectivity index is 2.13. The van der Waals surface area contributed by atoms with Crippen molar-refractivity contribution < 1.29 is 8.81 Å². The van der Waals surface area contributed by atoms with Crippen LogP contribution in [0.5, 0.6) is 0 Å². The molecule has 3 N–H and O–H groups in total. The predicted molar refractivity (Wildman–Crippen MR) is 64.4 cm³/mol. The Labute approximate surface area is 105 Å². The van der Waals surface area contributed by atoms with Gasteiger partial charge in [-0.05, 0) is 18.2 Å². The van der Waals surface area contributed by atoms with Crippen LogP contribution < -0.4 is 11.1 Å². The molecular formula is C10H10BrFN4O. The zero-order chi connectivity index (χ0) is 12.3. The van der Waals surface area contributed by atoms with E-state index in [-0.39, 0.29) is 11.7 Å². The van der Waals surface area contributed by atoms with Crippen LogP contribution in [-0.4, -0.2) is 16.7 Å². The number of anilines is 2. The van der Waals surface area contributed by atoms with Gasteiger partial charge in [0.15, 0.2) is 0 Å². The van der Waals surface area contributed by atoms with Gasteiger partial charge >= 0.3 is 6.01 Å². The van der Waals surface area contributed by atoms with Gasteiger partial charge in [-0.2, -0.15) is 0 Å². The highest BCUT2D eigenvalue weighted by molar-refractivity contribution is 9.10. The fourth-order valence-corrected chi connectivity index (χ4v) is 1.57. The minimum Gasteiger partial charge on any atom is -0.408 e. The normalized spacial score (nSPS) is 10.5. The molecule has 0 fully saturated rings. The Hall–Kier alpha value is -1.47. The Bertz CT molecular complexity index is 517. The van der Waals surface area contributed by atoms with Crippen LogP contribution in [0.15, 0.2) is 27.1 Å². The van der Waals surface area contributed by atoms with Crippen molar-refractivity contribution in [2.45, 2.75) is 6.42 Å². The van der Waals surface area contributed by atoms with Crippen LogP contribution in [0, 0.1) is 5.82 Å². The second kappa shape index (κ2) is 5.24. The van der Waals surface area contributed by atoms with Gasteiger partial charge in [-0.3, -0.25) is 0 Å². The Morgan fingerprint density at radius 3 is 2.94 bits per heavy atom. The van der Waals surface area contributed by atoms with Gasteiger partial charge in [0.05, 0.1) is 5.69 Å². The third-order valence-electron chi connectivity index (χ3n) is 2.00. The molecule has 0 radical (unpaired) electrons. The summed E-state index contributed by atoms with van der Waals surface area (Å²) in [6.45, 7) is 0.425. The predicted octanol–water partition coefficient (Wildman–Crippen LogP) is 2.22. The van der Waals surface area contributed by atoms with Crippen molar-refractivity contribution in [2.75, 3.05) is 11.9 Å². The summed E-state index contributed by atoms with van der Waals surface area (Å²) in [6.07, 6.45) is 0.498. The number of hydrogen-bond acceptors (Lipinski definition) is 5. The summed E-state index contributed by atoms with van der Waals surface area (Å²) in [5.41, 5.74) is 5.62. The first-order valence-corrected chi connectivity index (χ1v) is 5.73. The maximum absolute atomic E-state index is 13.5. The van der Waals surface area contributed by atoms with Crippen molar-refractivity contribution >= 4 is 27.6 Å². The molecular weight excluding hydrogens is 291 g/mol. The quantitative estimate of drug-likeness (QED) is 0.905. The second-order valence-corrected chi connectivity index (χ2v) is 4.20. The molecule has 1 aromatic heterocycles. The Kier molecular flexibility index (Phi) is 3.70. The molecule has 0 saturated carbocycles. The summed E-state index contributed by atoms with van der Waals surface area (Å²) in [7, 11) is 0. The SMILES string of the molecule is NCCc1nnc(Nc2ccc(Br)cc2F)o1. The van der Waals surface area contributed by atoms with Crippen LogP contribution in [0.1, 0.15) is 5.89 Å². The van der Waals surface area contributed by atoms with Crippen LogP contribution in [0.25, 0.3) is 0 Å². The number of nitrogens with two attached hydrogens (primary N) is 1. The second-order valence-electron chi connectivity index (χ2n) is 3.29. The van der Waals surface area contributed by atoms with Gasteiger partial charge in [-0.15, -0.1) is 5.10 Å². The van der Waals surface area contributed by atoms with Crippen LogP contribution in [0.3, 0.4) is 0 Å². The molecule has 1 heterocycles. The molecule has 7 heteroatoms. The van der Waals surface area contributed by atoms with Gasteiger partial charge in [0, 0.05) is 17.4 Å². The topological polar surface area (TPSA) is 77.0 Å². The molecule has 0 saturated heterocycles. The average molecular weight is 301 g/mol. The molecule has 90 valence electrons. The maximum atomic E-state index is 13.5. The van der Waals surface area contributed by atoms with E-state index in [4.69, 9.17) is 10.2 Å². The first-order valence-electron chi connectivity index (χ1n) is 4.93. The molecule has 0 aliphatic rings. The van der Waals surface area contributed by atoms with E-state index in [9.17, 15) is 4.39 Å². The van der Waals surface area contributed by atoms with E-state index >= 15 is 0 Å². The third kappa shape index (κ3) is 3.01. The van der Waals surface area contributed by atoms with Crippen molar-refractivity contribution in [3.63, 3.8) is 0 Å².